The van der Waals surface area contributed by atoms with Crippen molar-refractivity contribution in [2.45, 2.75) is 19.4 Å². The lowest BCUT2D eigenvalue weighted by Gasteiger charge is -2.07. The van der Waals surface area contributed by atoms with Crippen LogP contribution in [0.5, 0.6) is 0 Å². The van der Waals surface area contributed by atoms with Crippen LogP contribution in [-0.4, -0.2) is 9.55 Å². The maximum atomic E-state index is 4.77. The van der Waals surface area contributed by atoms with Crippen molar-refractivity contribution in [2.75, 3.05) is 0 Å². The van der Waals surface area contributed by atoms with Crippen LogP contribution >= 0.6 is 0 Å². The number of hydrogen-bond acceptors (Lipinski definition) is 1. The highest BCUT2D eigenvalue weighted by atomic mass is 15.0. The molecule has 0 radical (unpaired) electrons. The van der Waals surface area contributed by atoms with Gasteiger partial charge >= 0.3 is 0 Å². The molecule has 3 aliphatic heterocycles. The fraction of sp³-hybridized carbons (Fsp3) is 0.214. The van der Waals surface area contributed by atoms with Gasteiger partial charge in [0, 0.05) is 29.4 Å². The summed E-state index contributed by atoms with van der Waals surface area (Å²) in [5.41, 5.74) is 5.05. The molecule has 4 rings (SSSR count). The molecule has 2 nitrogen and oxygen atoms in total. The summed E-state index contributed by atoms with van der Waals surface area (Å²) in [6, 6.07) is 10.6. The Kier molecular flexibility index (Phi) is 1.48. The smallest absolute Gasteiger partial charge is 0.0911 e. The van der Waals surface area contributed by atoms with Crippen molar-refractivity contribution in [1.29, 1.82) is 0 Å². The summed E-state index contributed by atoms with van der Waals surface area (Å²) in [6.07, 6.45) is 4.63. The van der Waals surface area contributed by atoms with Crippen molar-refractivity contribution < 1.29 is 0 Å². The van der Waals surface area contributed by atoms with Crippen LogP contribution in [0, 0.1) is 0 Å². The number of para-hydroxylation sites is 1. The molecule has 0 saturated heterocycles. The first-order valence-corrected chi connectivity index (χ1v) is 5.80. The van der Waals surface area contributed by atoms with Crippen LogP contribution in [0.25, 0.3) is 22.2 Å². The predicted molar refractivity (Wildman–Crippen MR) is 64.7 cm³/mol. The van der Waals surface area contributed by atoms with E-state index in [0.717, 1.165) is 12.1 Å². The molecule has 1 aromatic rings. The summed E-state index contributed by atoms with van der Waals surface area (Å²) < 4.78 is 2.34. The Hall–Kier alpha value is -1.83. The Morgan fingerprint density at radius 3 is 3.06 bits per heavy atom. The van der Waals surface area contributed by atoms with E-state index in [1.54, 1.807) is 0 Å². The number of nitrogens with zero attached hydrogens (tertiary/aromatic N) is 2. The number of benzene rings is 1. The maximum Gasteiger partial charge on any atom is 0.0911 e. The molecular weight excluding hydrogens is 196 g/mol. The molecule has 78 valence electrons. The van der Waals surface area contributed by atoms with Crippen LogP contribution in [-0.2, 0) is 13.0 Å². The highest BCUT2D eigenvalue weighted by Crippen LogP contribution is 2.35. The third kappa shape index (κ3) is 0.941. The number of aromatic nitrogens is 2. The van der Waals surface area contributed by atoms with Gasteiger partial charge in [0.05, 0.1) is 11.2 Å². The standard InChI is InChI=1S/C14H12N2/c1-2-5-12-10(4-1)11-7-9-16-8-3-6-13(16)14(11)15-12/h1-2,4-5,7,9H,3,6,8H2. The summed E-state index contributed by atoms with van der Waals surface area (Å²) in [5.74, 6) is 0. The summed E-state index contributed by atoms with van der Waals surface area (Å²) >= 11 is 0. The maximum absolute atomic E-state index is 4.77. The van der Waals surface area contributed by atoms with Gasteiger partial charge in [-0.1, -0.05) is 18.2 Å². The first kappa shape index (κ1) is 8.34. The molecule has 0 N–H and O–H groups in total. The molecule has 0 amide bonds. The molecule has 0 atom stereocenters. The third-order valence-electron chi connectivity index (χ3n) is 3.54. The zero-order valence-corrected chi connectivity index (χ0v) is 8.98. The average Bonchev–Trinajstić information content (AvgIpc) is 2.92. The van der Waals surface area contributed by atoms with Crippen LogP contribution in [0.1, 0.15) is 12.1 Å². The fourth-order valence-electron chi connectivity index (χ4n) is 2.77. The van der Waals surface area contributed by atoms with Crippen molar-refractivity contribution in [3.8, 4) is 11.3 Å². The lowest BCUT2D eigenvalue weighted by Crippen LogP contribution is -1.98. The fourth-order valence-corrected chi connectivity index (χ4v) is 2.77. The van der Waals surface area contributed by atoms with Gasteiger partial charge in [0.1, 0.15) is 0 Å². The van der Waals surface area contributed by atoms with Gasteiger partial charge in [-0.3, -0.25) is 0 Å². The van der Waals surface area contributed by atoms with Crippen molar-refractivity contribution >= 4 is 10.9 Å². The molecule has 3 heterocycles. The van der Waals surface area contributed by atoms with Crippen molar-refractivity contribution in [2.24, 2.45) is 0 Å². The minimum atomic E-state index is 1.12. The van der Waals surface area contributed by atoms with E-state index in [9.17, 15) is 0 Å². The number of hydrogen-bond donors (Lipinski definition) is 0. The largest absolute Gasteiger partial charge is 0.349 e. The molecule has 0 aromatic heterocycles. The normalized spacial score (nSPS) is 14.8. The van der Waals surface area contributed by atoms with Gasteiger partial charge in [0.2, 0.25) is 0 Å². The monoisotopic (exact) mass is 208 g/mol. The summed E-state index contributed by atoms with van der Waals surface area (Å²) in [7, 11) is 0. The predicted octanol–water partition coefficient (Wildman–Crippen LogP) is 3.09. The van der Waals surface area contributed by atoms with Gasteiger partial charge in [-0.05, 0) is 25.0 Å². The molecule has 2 heteroatoms. The van der Waals surface area contributed by atoms with Crippen molar-refractivity contribution in [3.05, 3.63) is 42.2 Å². The van der Waals surface area contributed by atoms with Crippen LogP contribution in [0.3, 0.4) is 0 Å². The second-order valence-electron chi connectivity index (χ2n) is 4.45. The van der Waals surface area contributed by atoms with Gasteiger partial charge in [0.25, 0.3) is 0 Å². The van der Waals surface area contributed by atoms with E-state index in [4.69, 9.17) is 4.98 Å². The first-order valence-electron chi connectivity index (χ1n) is 5.80. The van der Waals surface area contributed by atoms with Gasteiger partial charge in [-0.25, -0.2) is 4.98 Å². The average molecular weight is 208 g/mol. The number of pyridine rings is 1. The van der Waals surface area contributed by atoms with Gasteiger partial charge < -0.3 is 4.57 Å². The summed E-state index contributed by atoms with van der Waals surface area (Å²) in [4.78, 5) is 4.77. The molecule has 0 spiro atoms. The lowest BCUT2D eigenvalue weighted by molar-refractivity contribution is 0.744. The van der Waals surface area contributed by atoms with E-state index in [1.165, 1.54) is 35.2 Å². The van der Waals surface area contributed by atoms with E-state index < -0.39 is 0 Å². The minimum absolute atomic E-state index is 1.12. The topological polar surface area (TPSA) is 17.8 Å². The quantitative estimate of drug-likeness (QED) is 0.555. The summed E-state index contributed by atoms with van der Waals surface area (Å²) in [5, 5.41) is 1.28. The molecule has 1 aromatic carbocycles. The van der Waals surface area contributed by atoms with E-state index in [2.05, 4.69) is 41.1 Å². The van der Waals surface area contributed by atoms with Crippen molar-refractivity contribution in [1.82, 2.24) is 9.55 Å². The van der Waals surface area contributed by atoms with Gasteiger partial charge in [0.15, 0.2) is 0 Å². The Labute approximate surface area is 93.9 Å². The second kappa shape index (κ2) is 2.85. The van der Waals surface area contributed by atoms with Crippen LogP contribution < -0.4 is 0 Å². The Morgan fingerprint density at radius 1 is 1.12 bits per heavy atom. The zero-order valence-electron chi connectivity index (χ0n) is 8.98. The molecule has 0 fully saturated rings. The van der Waals surface area contributed by atoms with Crippen LogP contribution in [0.4, 0.5) is 0 Å². The molecule has 0 bridgehead atoms. The van der Waals surface area contributed by atoms with Crippen LogP contribution in [0.2, 0.25) is 0 Å². The molecule has 0 aliphatic carbocycles. The van der Waals surface area contributed by atoms with E-state index in [-0.39, 0.29) is 0 Å². The van der Waals surface area contributed by atoms with Crippen LogP contribution in [0.15, 0.2) is 36.5 Å². The second-order valence-corrected chi connectivity index (χ2v) is 4.45. The molecule has 0 unspecified atom stereocenters. The first-order chi connectivity index (χ1) is 7.93. The molecule has 3 aliphatic rings. The van der Waals surface area contributed by atoms with E-state index >= 15 is 0 Å². The molecular formula is C14H12N2. The Bertz CT molecular complexity index is 651. The molecule has 16 heavy (non-hydrogen) atoms. The van der Waals surface area contributed by atoms with Crippen molar-refractivity contribution in [3.63, 3.8) is 0 Å². The van der Waals surface area contributed by atoms with Gasteiger partial charge in [-0.15, -0.1) is 0 Å². The number of rotatable bonds is 0. The van der Waals surface area contributed by atoms with E-state index in [0.29, 0.717) is 0 Å². The number of aryl methyl sites for hydroxylation is 1. The molecule has 0 saturated carbocycles. The lowest BCUT2D eigenvalue weighted by atomic mass is 10.1. The Morgan fingerprint density at radius 2 is 2.06 bits per heavy atom. The van der Waals surface area contributed by atoms with Gasteiger partial charge in [-0.2, -0.15) is 0 Å². The van der Waals surface area contributed by atoms with E-state index in [1.807, 2.05) is 0 Å². The summed E-state index contributed by atoms with van der Waals surface area (Å²) in [6.45, 7) is 1.15. The SMILES string of the molecule is c1ccc2c3ccn4c(c-3nc2c1)CCC4. The highest BCUT2D eigenvalue weighted by molar-refractivity contribution is 5.97. The highest BCUT2D eigenvalue weighted by Gasteiger charge is 2.20. The minimum Gasteiger partial charge on any atom is -0.349 e. The third-order valence-corrected chi connectivity index (χ3v) is 3.54. The Balaban J connectivity index is 2.18. The zero-order chi connectivity index (χ0) is 10.5. The number of fused-ring (bicyclic) bond motifs is 5.